The molecular weight excluding hydrogens is 314 g/mol. The zero-order valence-corrected chi connectivity index (χ0v) is 15.3. The molecule has 4 heteroatoms. The van der Waals surface area contributed by atoms with E-state index in [0.717, 1.165) is 29.0 Å². The largest absolute Gasteiger partial charge is 0.508 e. The number of benzene rings is 1. The second kappa shape index (κ2) is 8.47. The Labute approximate surface area is 149 Å². The summed E-state index contributed by atoms with van der Waals surface area (Å²) in [4.78, 5) is 16.9. The number of hydrogen-bond acceptors (Lipinski definition) is 4. The van der Waals surface area contributed by atoms with Gasteiger partial charge in [-0.25, -0.2) is 0 Å². The Kier molecular flexibility index (Phi) is 6.34. The van der Waals surface area contributed by atoms with E-state index in [0.29, 0.717) is 24.2 Å². The normalized spacial score (nSPS) is 16.5. The van der Waals surface area contributed by atoms with E-state index in [1.54, 1.807) is 12.1 Å². The molecule has 4 nitrogen and oxygen atoms in total. The van der Waals surface area contributed by atoms with Crippen LogP contribution in [0.1, 0.15) is 52.5 Å². The third-order valence-corrected chi connectivity index (χ3v) is 4.08. The zero-order valence-electron chi connectivity index (χ0n) is 15.3. The minimum Gasteiger partial charge on any atom is -0.508 e. The molecule has 0 atom stereocenters. The highest BCUT2D eigenvalue weighted by Crippen LogP contribution is 2.24. The Morgan fingerprint density at radius 3 is 2.60 bits per heavy atom. The highest BCUT2D eigenvalue weighted by atomic mass is 16.5. The smallest absolute Gasteiger partial charge is 0.166 e. The molecule has 0 unspecified atom stereocenters. The average molecular weight is 339 g/mol. The van der Waals surface area contributed by atoms with Gasteiger partial charge < -0.3 is 9.84 Å². The van der Waals surface area contributed by atoms with Crippen molar-refractivity contribution in [3.63, 3.8) is 0 Å². The summed E-state index contributed by atoms with van der Waals surface area (Å²) in [5.74, 6) is 1.77. The van der Waals surface area contributed by atoms with Crippen LogP contribution in [-0.2, 0) is 9.53 Å². The monoisotopic (exact) mass is 339 g/mol. The van der Waals surface area contributed by atoms with Gasteiger partial charge in [-0.1, -0.05) is 12.5 Å². The van der Waals surface area contributed by atoms with Gasteiger partial charge in [-0.2, -0.15) is 0 Å². The van der Waals surface area contributed by atoms with Crippen molar-refractivity contribution in [2.24, 2.45) is 4.99 Å². The molecule has 1 N–H and O–H groups in total. The van der Waals surface area contributed by atoms with Crippen molar-refractivity contribution in [2.45, 2.75) is 47.0 Å². The van der Waals surface area contributed by atoms with E-state index in [4.69, 9.17) is 4.74 Å². The van der Waals surface area contributed by atoms with Crippen molar-refractivity contribution in [2.75, 3.05) is 0 Å². The molecule has 0 saturated heterocycles. The number of rotatable bonds is 5. The van der Waals surface area contributed by atoms with Crippen LogP contribution in [0.3, 0.4) is 0 Å². The molecule has 0 spiro atoms. The SMILES string of the molecule is CCC(=N/C=C(\C)CC1=C(C)OC(C)=CCC1=O)c1ccc(O)cc1. The van der Waals surface area contributed by atoms with Gasteiger partial charge in [0.1, 0.15) is 11.5 Å². The van der Waals surface area contributed by atoms with Crippen LogP contribution in [-0.4, -0.2) is 16.6 Å². The summed E-state index contributed by atoms with van der Waals surface area (Å²) in [6.07, 6.45) is 5.31. The fraction of sp³-hybridized carbons (Fsp3) is 0.333. The van der Waals surface area contributed by atoms with Gasteiger partial charge in [-0.15, -0.1) is 0 Å². The molecule has 0 saturated carbocycles. The van der Waals surface area contributed by atoms with Crippen LogP contribution in [0.15, 0.2) is 64.2 Å². The van der Waals surface area contributed by atoms with Crippen molar-refractivity contribution >= 4 is 11.5 Å². The van der Waals surface area contributed by atoms with Crippen molar-refractivity contribution in [3.8, 4) is 5.75 Å². The van der Waals surface area contributed by atoms with Crippen LogP contribution in [0.4, 0.5) is 0 Å². The van der Waals surface area contributed by atoms with Gasteiger partial charge in [0.15, 0.2) is 5.78 Å². The van der Waals surface area contributed by atoms with E-state index in [1.807, 2.05) is 52.1 Å². The number of ether oxygens (including phenoxy) is 1. The van der Waals surface area contributed by atoms with E-state index < -0.39 is 0 Å². The molecule has 0 aromatic heterocycles. The standard InChI is InChI=1S/C21H25NO3/c1-5-20(17-7-9-18(23)10-8-17)22-13-14(2)12-19-16(4)25-15(3)6-11-21(19)24/h6-10,13,23H,5,11-12H2,1-4H3/b14-13+,22-20?. The first-order chi connectivity index (χ1) is 11.9. The summed E-state index contributed by atoms with van der Waals surface area (Å²) in [6, 6.07) is 7.01. The Morgan fingerprint density at radius 2 is 1.96 bits per heavy atom. The van der Waals surface area contributed by atoms with E-state index in [2.05, 4.69) is 4.99 Å². The van der Waals surface area contributed by atoms with Gasteiger partial charge in [0, 0.05) is 30.3 Å². The molecule has 1 aliphatic heterocycles. The van der Waals surface area contributed by atoms with Crippen molar-refractivity contribution in [1.29, 1.82) is 0 Å². The topological polar surface area (TPSA) is 58.9 Å². The molecule has 2 rings (SSSR count). The summed E-state index contributed by atoms with van der Waals surface area (Å²) in [5.41, 5.74) is 3.62. The molecule has 25 heavy (non-hydrogen) atoms. The number of ketones is 1. The second-order valence-electron chi connectivity index (χ2n) is 6.21. The van der Waals surface area contributed by atoms with Gasteiger partial charge in [0.25, 0.3) is 0 Å². The molecule has 0 radical (unpaired) electrons. The maximum absolute atomic E-state index is 12.3. The number of Topliss-reactive ketones (excluding diaryl/α,β-unsaturated/α-hetero) is 1. The molecular formula is C21H25NO3. The van der Waals surface area contributed by atoms with Gasteiger partial charge in [0.2, 0.25) is 0 Å². The first-order valence-corrected chi connectivity index (χ1v) is 8.50. The van der Waals surface area contributed by atoms with Gasteiger partial charge in [-0.3, -0.25) is 9.79 Å². The number of hydrogen-bond donors (Lipinski definition) is 1. The number of aliphatic imine (C=N–C) groups is 1. The minimum atomic E-state index is 0.0975. The number of nitrogens with zero attached hydrogens (tertiary/aromatic N) is 1. The van der Waals surface area contributed by atoms with Gasteiger partial charge >= 0.3 is 0 Å². The molecule has 1 aromatic carbocycles. The van der Waals surface area contributed by atoms with Gasteiger partial charge in [0.05, 0.1) is 5.76 Å². The van der Waals surface area contributed by atoms with E-state index in [1.165, 1.54) is 0 Å². The quantitative estimate of drug-likeness (QED) is 0.763. The summed E-state index contributed by atoms with van der Waals surface area (Å²) in [6.45, 7) is 7.70. The molecule has 1 aliphatic rings. The lowest BCUT2D eigenvalue weighted by molar-refractivity contribution is -0.115. The van der Waals surface area contributed by atoms with Crippen LogP contribution in [0, 0.1) is 0 Å². The molecule has 1 aromatic rings. The fourth-order valence-electron chi connectivity index (χ4n) is 2.66. The summed E-state index contributed by atoms with van der Waals surface area (Å²) < 4.78 is 5.66. The highest BCUT2D eigenvalue weighted by Gasteiger charge is 2.17. The Balaban J connectivity index is 2.18. The number of carbonyl (C=O) groups excluding carboxylic acids is 1. The number of phenolic OH excluding ortho intramolecular Hbond substituents is 1. The average Bonchev–Trinajstić information content (AvgIpc) is 2.70. The summed E-state index contributed by atoms with van der Waals surface area (Å²) >= 11 is 0. The Bertz CT molecular complexity index is 765. The third-order valence-electron chi connectivity index (χ3n) is 4.08. The molecule has 0 amide bonds. The third kappa shape index (κ3) is 5.18. The van der Waals surface area contributed by atoms with Crippen molar-refractivity contribution in [1.82, 2.24) is 0 Å². The number of carbonyl (C=O) groups is 1. The van der Waals surface area contributed by atoms with E-state index in [-0.39, 0.29) is 11.5 Å². The van der Waals surface area contributed by atoms with E-state index >= 15 is 0 Å². The second-order valence-corrected chi connectivity index (χ2v) is 6.21. The summed E-state index contributed by atoms with van der Waals surface area (Å²) in [7, 11) is 0. The number of allylic oxidation sites excluding steroid dienone is 5. The van der Waals surface area contributed by atoms with Crippen LogP contribution in [0.2, 0.25) is 0 Å². The lowest BCUT2D eigenvalue weighted by Gasteiger charge is -2.09. The predicted octanol–water partition coefficient (Wildman–Crippen LogP) is 5.05. The predicted molar refractivity (Wildman–Crippen MR) is 100 cm³/mol. The Morgan fingerprint density at radius 1 is 1.28 bits per heavy atom. The Hall–Kier alpha value is -2.62. The van der Waals surface area contributed by atoms with Crippen LogP contribution < -0.4 is 0 Å². The molecule has 1 heterocycles. The first-order valence-electron chi connectivity index (χ1n) is 8.50. The lowest BCUT2D eigenvalue weighted by atomic mass is 10.0. The zero-order chi connectivity index (χ0) is 18.4. The number of phenols is 1. The van der Waals surface area contributed by atoms with E-state index in [9.17, 15) is 9.90 Å². The lowest BCUT2D eigenvalue weighted by Crippen LogP contribution is -2.04. The highest BCUT2D eigenvalue weighted by molar-refractivity contribution is 6.01. The van der Waals surface area contributed by atoms with Gasteiger partial charge in [-0.05, 0) is 63.1 Å². The first kappa shape index (κ1) is 18.7. The fourth-order valence-corrected chi connectivity index (χ4v) is 2.66. The number of aromatic hydroxyl groups is 1. The van der Waals surface area contributed by atoms with Crippen molar-refractivity contribution < 1.29 is 14.6 Å². The van der Waals surface area contributed by atoms with Crippen LogP contribution >= 0.6 is 0 Å². The van der Waals surface area contributed by atoms with Crippen LogP contribution in [0.25, 0.3) is 0 Å². The molecule has 132 valence electrons. The van der Waals surface area contributed by atoms with Crippen LogP contribution in [0.5, 0.6) is 5.75 Å². The maximum atomic E-state index is 12.3. The maximum Gasteiger partial charge on any atom is 0.166 e. The molecule has 0 fully saturated rings. The van der Waals surface area contributed by atoms with Crippen molar-refractivity contribution in [3.05, 3.63) is 64.8 Å². The molecule has 0 aliphatic carbocycles. The molecule has 0 bridgehead atoms. The summed E-state index contributed by atoms with van der Waals surface area (Å²) in [5, 5.41) is 9.40. The minimum absolute atomic E-state index is 0.0975.